The summed E-state index contributed by atoms with van der Waals surface area (Å²) < 4.78 is 2.92. The molecule has 1 amide bonds. The minimum absolute atomic E-state index is 0. The van der Waals surface area contributed by atoms with E-state index in [1.165, 1.54) is 0 Å². The molecule has 0 bridgehead atoms. The van der Waals surface area contributed by atoms with Crippen LogP contribution in [-0.2, 0) is 12.8 Å². The van der Waals surface area contributed by atoms with Gasteiger partial charge in [-0.15, -0.1) is 12.4 Å². The monoisotopic (exact) mass is 412 g/mol. The fraction of sp³-hybridized carbons (Fsp3) is 0.412. The topological polar surface area (TPSA) is 72.9 Å². The van der Waals surface area contributed by atoms with Gasteiger partial charge < -0.3 is 11.1 Å². The molecule has 7 heteroatoms. The SMILES string of the molecule is Cl.NCCCCNC(=O)c1nn(-c2cccc(Br)c2)c2c1CCC2. The zero-order valence-electron chi connectivity index (χ0n) is 13.4. The summed E-state index contributed by atoms with van der Waals surface area (Å²) in [4.78, 5) is 12.5. The van der Waals surface area contributed by atoms with Gasteiger partial charge in [0.2, 0.25) is 0 Å². The highest BCUT2D eigenvalue weighted by atomic mass is 79.9. The number of hydrogen-bond donors (Lipinski definition) is 2. The third-order valence-corrected chi connectivity index (χ3v) is 4.61. The van der Waals surface area contributed by atoms with Crippen LogP contribution in [0, 0.1) is 0 Å². The van der Waals surface area contributed by atoms with Crippen LogP contribution in [0.3, 0.4) is 0 Å². The second-order valence-corrected chi connectivity index (χ2v) is 6.69. The first-order valence-electron chi connectivity index (χ1n) is 8.05. The quantitative estimate of drug-likeness (QED) is 0.715. The highest BCUT2D eigenvalue weighted by Gasteiger charge is 2.26. The highest BCUT2D eigenvalue weighted by molar-refractivity contribution is 9.10. The Morgan fingerprint density at radius 1 is 1.33 bits per heavy atom. The molecule has 0 aliphatic heterocycles. The van der Waals surface area contributed by atoms with E-state index in [4.69, 9.17) is 5.73 Å². The second kappa shape index (κ2) is 8.65. The molecule has 3 N–H and O–H groups in total. The summed E-state index contributed by atoms with van der Waals surface area (Å²) in [6.45, 7) is 1.30. The number of aromatic nitrogens is 2. The number of carbonyl (C=O) groups is 1. The van der Waals surface area contributed by atoms with E-state index in [0.29, 0.717) is 18.8 Å². The lowest BCUT2D eigenvalue weighted by atomic mass is 10.2. The number of nitrogens with zero attached hydrogens (tertiary/aromatic N) is 2. The number of unbranched alkanes of at least 4 members (excludes halogenated alkanes) is 1. The number of nitrogens with one attached hydrogen (secondary N) is 1. The molecule has 0 spiro atoms. The van der Waals surface area contributed by atoms with Gasteiger partial charge in [-0.3, -0.25) is 4.79 Å². The highest BCUT2D eigenvalue weighted by Crippen LogP contribution is 2.28. The van der Waals surface area contributed by atoms with Crippen LogP contribution in [0.2, 0.25) is 0 Å². The fourth-order valence-corrected chi connectivity index (χ4v) is 3.38. The van der Waals surface area contributed by atoms with E-state index in [1.807, 2.05) is 28.9 Å². The first-order valence-corrected chi connectivity index (χ1v) is 8.85. The predicted molar refractivity (Wildman–Crippen MR) is 101 cm³/mol. The summed E-state index contributed by atoms with van der Waals surface area (Å²) in [6.07, 6.45) is 4.79. The van der Waals surface area contributed by atoms with Crippen LogP contribution in [0.15, 0.2) is 28.7 Å². The van der Waals surface area contributed by atoms with Crippen LogP contribution in [0.4, 0.5) is 0 Å². The second-order valence-electron chi connectivity index (χ2n) is 5.77. The van der Waals surface area contributed by atoms with Gasteiger partial charge in [0.25, 0.3) is 5.91 Å². The van der Waals surface area contributed by atoms with Crippen LogP contribution in [0.5, 0.6) is 0 Å². The summed E-state index contributed by atoms with van der Waals surface area (Å²) in [5.41, 5.74) is 9.30. The van der Waals surface area contributed by atoms with Gasteiger partial charge >= 0.3 is 0 Å². The van der Waals surface area contributed by atoms with E-state index in [1.54, 1.807) is 0 Å². The van der Waals surface area contributed by atoms with Gasteiger partial charge in [0.1, 0.15) is 0 Å². The first-order chi connectivity index (χ1) is 11.2. The van der Waals surface area contributed by atoms with Crippen molar-refractivity contribution < 1.29 is 4.79 Å². The number of hydrogen-bond acceptors (Lipinski definition) is 3. The molecule has 0 saturated carbocycles. The Bertz CT molecular complexity index is 717. The Labute approximate surface area is 156 Å². The minimum Gasteiger partial charge on any atom is -0.351 e. The summed E-state index contributed by atoms with van der Waals surface area (Å²) in [7, 11) is 0. The Kier molecular flexibility index (Phi) is 6.83. The van der Waals surface area contributed by atoms with Crippen molar-refractivity contribution in [2.24, 2.45) is 5.73 Å². The average Bonchev–Trinajstić information content (AvgIpc) is 3.13. The van der Waals surface area contributed by atoms with Crippen molar-refractivity contribution in [3.8, 4) is 5.69 Å². The van der Waals surface area contributed by atoms with Crippen LogP contribution in [0.25, 0.3) is 5.69 Å². The third kappa shape index (κ3) is 3.99. The summed E-state index contributed by atoms with van der Waals surface area (Å²) >= 11 is 3.49. The van der Waals surface area contributed by atoms with E-state index in [0.717, 1.165) is 53.5 Å². The Hall–Kier alpha value is -1.37. The third-order valence-electron chi connectivity index (χ3n) is 4.11. The normalized spacial score (nSPS) is 12.6. The fourth-order valence-electron chi connectivity index (χ4n) is 3.00. The van der Waals surface area contributed by atoms with Gasteiger partial charge in [-0.25, -0.2) is 4.68 Å². The van der Waals surface area contributed by atoms with Gasteiger partial charge in [-0.1, -0.05) is 22.0 Å². The van der Waals surface area contributed by atoms with Crippen molar-refractivity contribution in [1.82, 2.24) is 15.1 Å². The van der Waals surface area contributed by atoms with E-state index in [2.05, 4.69) is 26.3 Å². The zero-order valence-corrected chi connectivity index (χ0v) is 15.8. The molecule has 3 rings (SSSR count). The number of carbonyl (C=O) groups excluding carboxylic acids is 1. The maximum Gasteiger partial charge on any atom is 0.272 e. The van der Waals surface area contributed by atoms with Gasteiger partial charge in [-0.05, 0) is 56.8 Å². The molecule has 2 aromatic rings. The molecule has 5 nitrogen and oxygen atoms in total. The standard InChI is InChI=1S/C17H21BrN4O.ClH/c18-12-5-3-6-13(11-12)22-15-8-4-7-14(15)16(21-22)17(23)20-10-2-1-9-19;/h3,5-6,11H,1-2,4,7-10,19H2,(H,20,23);1H. The number of nitrogens with two attached hydrogens (primary N) is 1. The Morgan fingerprint density at radius 2 is 2.17 bits per heavy atom. The summed E-state index contributed by atoms with van der Waals surface area (Å²) in [5.74, 6) is -0.0751. The molecule has 0 unspecified atom stereocenters. The largest absolute Gasteiger partial charge is 0.351 e. The lowest BCUT2D eigenvalue weighted by Gasteiger charge is -2.06. The number of halogens is 2. The summed E-state index contributed by atoms with van der Waals surface area (Å²) in [6, 6.07) is 8.00. The predicted octanol–water partition coefficient (Wildman–Crippen LogP) is 3.01. The van der Waals surface area contributed by atoms with Gasteiger partial charge in [-0.2, -0.15) is 5.10 Å². The van der Waals surface area contributed by atoms with E-state index in [-0.39, 0.29) is 18.3 Å². The Morgan fingerprint density at radius 3 is 2.92 bits per heavy atom. The maximum absolute atomic E-state index is 12.5. The van der Waals surface area contributed by atoms with Gasteiger partial charge in [0.15, 0.2) is 5.69 Å². The smallest absolute Gasteiger partial charge is 0.272 e. The van der Waals surface area contributed by atoms with Crippen molar-refractivity contribution >= 4 is 34.2 Å². The number of rotatable bonds is 6. The molecule has 1 aliphatic rings. The van der Waals surface area contributed by atoms with E-state index >= 15 is 0 Å². The molecule has 1 heterocycles. The molecule has 24 heavy (non-hydrogen) atoms. The van der Waals surface area contributed by atoms with Gasteiger partial charge in [0, 0.05) is 22.3 Å². The van der Waals surface area contributed by atoms with Crippen LogP contribution in [-0.4, -0.2) is 28.8 Å². The molecule has 0 atom stereocenters. The molecule has 1 aromatic heterocycles. The molecular formula is C17H22BrClN4O. The zero-order chi connectivity index (χ0) is 16.2. The lowest BCUT2D eigenvalue weighted by Crippen LogP contribution is -2.26. The molecule has 0 saturated heterocycles. The molecule has 0 radical (unpaired) electrons. The number of amides is 1. The van der Waals surface area contributed by atoms with E-state index < -0.39 is 0 Å². The van der Waals surface area contributed by atoms with E-state index in [9.17, 15) is 4.79 Å². The molecular weight excluding hydrogens is 392 g/mol. The molecule has 0 fully saturated rings. The van der Waals surface area contributed by atoms with Crippen LogP contribution in [0.1, 0.15) is 41.0 Å². The Balaban J connectivity index is 0.00000208. The first kappa shape index (κ1) is 19.0. The maximum atomic E-state index is 12.5. The average molecular weight is 414 g/mol. The van der Waals surface area contributed by atoms with Crippen molar-refractivity contribution in [2.75, 3.05) is 13.1 Å². The number of fused-ring (bicyclic) bond motifs is 1. The van der Waals surface area contributed by atoms with Crippen molar-refractivity contribution in [2.45, 2.75) is 32.1 Å². The number of benzene rings is 1. The van der Waals surface area contributed by atoms with Crippen molar-refractivity contribution in [3.05, 3.63) is 45.7 Å². The molecule has 1 aromatic carbocycles. The lowest BCUT2D eigenvalue weighted by molar-refractivity contribution is 0.0946. The van der Waals surface area contributed by atoms with Crippen LogP contribution >= 0.6 is 28.3 Å². The summed E-state index contributed by atoms with van der Waals surface area (Å²) in [5, 5.41) is 7.56. The van der Waals surface area contributed by atoms with Crippen molar-refractivity contribution in [1.29, 1.82) is 0 Å². The minimum atomic E-state index is -0.0751. The van der Waals surface area contributed by atoms with Gasteiger partial charge in [0.05, 0.1) is 5.69 Å². The van der Waals surface area contributed by atoms with Crippen LogP contribution < -0.4 is 11.1 Å². The van der Waals surface area contributed by atoms with Crippen molar-refractivity contribution in [3.63, 3.8) is 0 Å². The molecule has 130 valence electrons. The molecule has 1 aliphatic carbocycles.